The standard InChI is InChI=1S/C12H22N2O3/c1-3-12(2,13)11(17)14-7-8-5-4-6-9(8)10(15)16/h8-9H,3-7,13H2,1-2H3,(H,14,17)(H,15,16). The molecule has 3 unspecified atom stereocenters. The lowest BCUT2D eigenvalue weighted by atomic mass is 9.95. The van der Waals surface area contributed by atoms with Crippen LogP contribution in [-0.4, -0.2) is 29.1 Å². The van der Waals surface area contributed by atoms with E-state index >= 15 is 0 Å². The number of nitrogens with two attached hydrogens (primary N) is 1. The van der Waals surface area contributed by atoms with Crippen molar-refractivity contribution in [2.45, 2.75) is 45.1 Å². The molecule has 17 heavy (non-hydrogen) atoms. The van der Waals surface area contributed by atoms with Gasteiger partial charge in [-0.25, -0.2) is 0 Å². The lowest BCUT2D eigenvalue weighted by Crippen LogP contribution is -2.52. The molecular weight excluding hydrogens is 220 g/mol. The fraction of sp³-hybridized carbons (Fsp3) is 0.833. The number of nitrogens with one attached hydrogen (secondary N) is 1. The molecule has 0 spiro atoms. The van der Waals surface area contributed by atoms with E-state index in [-0.39, 0.29) is 17.7 Å². The zero-order chi connectivity index (χ0) is 13.1. The first-order chi connectivity index (χ1) is 7.88. The Bertz CT molecular complexity index is 302. The van der Waals surface area contributed by atoms with Crippen LogP contribution in [-0.2, 0) is 9.59 Å². The number of aliphatic carboxylic acids is 1. The SMILES string of the molecule is CCC(C)(N)C(=O)NCC1CCCC1C(=O)O. The fourth-order valence-electron chi connectivity index (χ4n) is 2.19. The molecule has 0 heterocycles. The molecule has 0 aromatic carbocycles. The second kappa shape index (κ2) is 5.49. The van der Waals surface area contributed by atoms with Gasteiger partial charge in [-0.2, -0.15) is 0 Å². The van der Waals surface area contributed by atoms with E-state index < -0.39 is 11.5 Å². The Morgan fingerprint density at radius 1 is 1.47 bits per heavy atom. The predicted octanol–water partition coefficient (Wildman–Crippen LogP) is 0.731. The zero-order valence-corrected chi connectivity index (χ0v) is 10.5. The molecule has 98 valence electrons. The summed E-state index contributed by atoms with van der Waals surface area (Å²) in [5, 5.41) is 11.8. The monoisotopic (exact) mass is 242 g/mol. The van der Waals surface area contributed by atoms with E-state index in [1.807, 2.05) is 6.92 Å². The van der Waals surface area contributed by atoms with E-state index in [2.05, 4.69) is 5.32 Å². The van der Waals surface area contributed by atoms with Crippen molar-refractivity contribution in [1.82, 2.24) is 5.32 Å². The third kappa shape index (κ3) is 3.43. The molecule has 0 aliphatic heterocycles. The van der Waals surface area contributed by atoms with Gasteiger partial charge in [0, 0.05) is 6.54 Å². The Labute approximate surface area is 102 Å². The maximum atomic E-state index is 11.7. The predicted molar refractivity (Wildman–Crippen MR) is 64.4 cm³/mol. The minimum absolute atomic E-state index is 0.0455. The first-order valence-electron chi connectivity index (χ1n) is 6.18. The Kier molecular flexibility index (Phi) is 4.51. The molecule has 1 aliphatic carbocycles. The number of carboxylic acids is 1. The van der Waals surface area contributed by atoms with E-state index in [9.17, 15) is 9.59 Å². The molecule has 0 saturated heterocycles. The Morgan fingerprint density at radius 3 is 2.65 bits per heavy atom. The molecule has 1 aliphatic rings. The third-order valence-electron chi connectivity index (χ3n) is 3.75. The molecular formula is C12H22N2O3. The van der Waals surface area contributed by atoms with Crippen molar-refractivity contribution >= 4 is 11.9 Å². The van der Waals surface area contributed by atoms with Crippen molar-refractivity contribution in [1.29, 1.82) is 0 Å². The average molecular weight is 242 g/mol. The molecule has 3 atom stereocenters. The van der Waals surface area contributed by atoms with Gasteiger partial charge < -0.3 is 16.2 Å². The summed E-state index contributed by atoms with van der Waals surface area (Å²) in [6, 6.07) is 0. The van der Waals surface area contributed by atoms with Crippen LogP contribution in [0.5, 0.6) is 0 Å². The summed E-state index contributed by atoms with van der Waals surface area (Å²) < 4.78 is 0. The molecule has 0 radical (unpaired) electrons. The first kappa shape index (κ1) is 14.0. The van der Waals surface area contributed by atoms with Crippen molar-refractivity contribution in [3.63, 3.8) is 0 Å². The molecule has 0 aromatic rings. The van der Waals surface area contributed by atoms with Gasteiger partial charge in [-0.1, -0.05) is 13.3 Å². The van der Waals surface area contributed by atoms with Gasteiger partial charge in [-0.15, -0.1) is 0 Å². The number of hydrogen-bond acceptors (Lipinski definition) is 3. The van der Waals surface area contributed by atoms with Crippen LogP contribution in [0, 0.1) is 11.8 Å². The number of amides is 1. The average Bonchev–Trinajstić information content (AvgIpc) is 2.73. The van der Waals surface area contributed by atoms with Gasteiger partial charge >= 0.3 is 5.97 Å². The smallest absolute Gasteiger partial charge is 0.306 e. The zero-order valence-electron chi connectivity index (χ0n) is 10.5. The number of carboxylic acid groups (broad SMARTS) is 1. The highest BCUT2D eigenvalue weighted by Gasteiger charge is 2.34. The van der Waals surface area contributed by atoms with Crippen LogP contribution in [0.25, 0.3) is 0 Å². The lowest BCUT2D eigenvalue weighted by molar-refractivity contribution is -0.143. The molecule has 5 heteroatoms. The normalized spacial score (nSPS) is 27.5. The molecule has 1 rings (SSSR count). The van der Waals surface area contributed by atoms with Gasteiger partial charge in [0.2, 0.25) is 5.91 Å². The number of carbonyl (C=O) groups excluding carboxylic acids is 1. The number of hydrogen-bond donors (Lipinski definition) is 3. The highest BCUT2D eigenvalue weighted by molar-refractivity contribution is 5.85. The maximum Gasteiger partial charge on any atom is 0.306 e. The second-order valence-electron chi connectivity index (χ2n) is 5.12. The van der Waals surface area contributed by atoms with E-state index in [1.54, 1.807) is 6.92 Å². The van der Waals surface area contributed by atoms with Gasteiger partial charge in [-0.3, -0.25) is 9.59 Å². The van der Waals surface area contributed by atoms with Crippen LogP contribution in [0.3, 0.4) is 0 Å². The van der Waals surface area contributed by atoms with Gasteiger partial charge in [0.1, 0.15) is 0 Å². The molecule has 1 fully saturated rings. The van der Waals surface area contributed by atoms with Crippen molar-refractivity contribution < 1.29 is 14.7 Å². The molecule has 5 nitrogen and oxygen atoms in total. The van der Waals surface area contributed by atoms with Crippen LogP contribution in [0.15, 0.2) is 0 Å². The second-order valence-corrected chi connectivity index (χ2v) is 5.12. The quantitative estimate of drug-likeness (QED) is 0.662. The van der Waals surface area contributed by atoms with Crippen LogP contribution in [0.1, 0.15) is 39.5 Å². The van der Waals surface area contributed by atoms with E-state index in [0.29, 0.717) is 19.4 Å². The highest BCUT2D eigenvalue weighted by atomic mass is 16.4. The molecule has 1 saturated carbocycles. The molecule has 0 bridgehead atoms. The minimum Gasteiger partial charge on any atom is -0.481 e. The van der Waals surface area contributed by atoms with Gasteiger partial charge in [-0.05, 0) is 32.1 Å². The first-order valence-corrected chi connectivity index (χ1v) is 6.18. The van der Waals surface area contributed by atoms with Crippen LogP contribution >= 0.6 is 0 Å². The summed E-state index contributed by atoms with van der Waals surface area (Å²) in [6.45, 7) is 3.96. The molecule has 1 amide bonds. The third-order valence-corrected chi connectivity index (χ3v) is 3.75. The van der Waals surface area contributed by atoms with Crippen LogP contribution < -0.4 is 11.1 Å². The maximum absolute atomic E-state index is 11.7. The fourth-order valence-corrected chi connectivity index (χ4v) is 2.19. The molecule has 4 N–H and O–H groups in total. The van der Waals surface area contributed by atoms with Crippen LogP contribution in [0.2, 0.25) is 0 Å². The van der Waals surface area contributed by atoms with Gasteiger partial charge in [0.15, 0.2) is 0 Å². The van der Waals surface area contributed by atoms with Gasteiger partial charge in [0.05, 0.1) is 11.5 Å². The topological polar surface area (TPSA) is 92.4 Å². The largest absolute Gasteiger partial charge is 0.481 e. The Balaban J connectivity index is 2.46. The van der Waals surface area contributed by atoms with E-state index in [1.165, 1.54) is 0 Å². The Morgan fingerprint density at radius 2 is 2.12 bits per heavy atom. The summed E-state index contributed by atoms with van der Waals surface area (Å²) in [5.41, 5.74) is 4.95. The van der Waals surface area contributed by atoms with Crippen molar-refractivity contribution in [3.8, 4) is 0 Å². The minimum atomic E-state index is -0.864. The summed E-state index contributed by atoms with van der Waals surface area (Å²) >= 11 is 0. The summed E-state index contributed by atoms with van der Waals surface area (Å²) in [4.78, 5) is 22.7. The van der Waals surface area contributed by atoms with Crippen molar-refractivity contribution in [2.75, 3.05) is 6.54 Å². The van der Waals surface area contributed by atoms with E-state index in [4.69, 9.17) is 10.8 Å². The molecule has 0 aromatic heterocycles. The summed E-state index contributed by atoms with van der Waals surface area (Å²) in [5.74, 6) is -1.23. The van der Waals surface area contributed by atoms with Crippen LogP contribution in [0.4, 0.5) is 0 Å². The van der Waals surface area contributed by atoms with Gasteiger partial charge in [0.25, 0.3) is 0 Å². The summed E-state index contributed by atoms with van der Waals surface area (Å²) in [6.07, 6.45) is 3.06. The van der Waals surface area contributed by atoms with Crippen molar-refractivity contribution in [2.24, 2.45) is 17.6 Å². The number of rotatable bonds is 5. The lowest BCUT2D eigenvalue weighted by Gasteiger charge is -2.23. The number of carbonyl (C=O) groups is 2. The highest BCUT2D eigenvalue weighted by Crippen LogP contribution is 2.31. The van der Waals surface area contributed by atoms with E-state index in [0.717, 1.165) is 12.8 Å². The Hall–Kier alpha value is -1.10. The summed E-state index contributed by atoms with van der Waals surface area (Å²) in [7, 11) is 0. The van der Waals surface area contributed by atoms with Crippen molar-refractivity contribution in [3.05, 3.63) is 0 Å².